The number of aromatic nitrogens is 2. The van der Waals surface area contributed by atoms with Gasteiger partial charge in [-0.2, -0.15) is 0 Å². The van der Waals surface area contributed by atoms with Gasteiger partial charge in [0.15, 0.2) is 4.77 Å². The molecule has 0 aliphatic carbocycles. The van der Waals surface area contributed by atoms with Crippen LogP contribution in [0, 0.1) is 4.77 Å². The van der Waals surface area contributed by atoms with Crippen LogP contribution in [-0.4, -0.2) is 16.8 Å². The van der Waals surface area contributed by atoms with E-state index < -0.39 is 6.86 Å². The lowest BCUT2D eigenvalue weighted by molar-refractivity contribution is 0.192. The van der Waals surface area contributed by atoms with Gasteiger partial charge in [0.25, 0.3) is 0 Å². The van der Waals surface area contributed by atoms with Gasteiger partial charge < -0.3 is 14.7 Å². The molecule has 0 bridgehead atoms. The zero-order valence-corrected chi connectivity index (χ0v) is 7.45. The van der Waals surface area contributed by atoms with Crippen molar-refractivity contribution in [1.82, 2.24) is 9.97 Å². The molecule has 68 valence electrons. The lowest BCUT2D eigenvalue weighted by atomic mass is 10.3. The third kappa shape index (κ3) is 1.55. The predicted molar refractivity (Wildman–Crippen MR) is 50.1 cm³/mol. The summed E-state index contributed by atoms with van der Waals surface area (Å²) < 4.78 is 17.1. The van der Waals surface area contributed by atoms with Gasteiger partial charge in [-0.25, -0.2) is 4.39 Å². The number of halogens is 1. The first-order valence-electron chi connectivity index (χ1n) is 3.70. The molecule has 0 unspecified atom stereocenters. The van der Waals surface area contributed by atoms with Crippen LogP contribution in [0.4, 0.5) is 4.39 Å². The Bertz CT molecular complexity index is 476. The SMILES string of the molecule is FCOc1ccc2[nH]c(=S)[nH]c2c1. The average Bonchev–Trinajstić information content (AvgIpc) is 2.44. The maximum atomic E-state index is 11.8. The molecule has 3 nitrogen and oxygen atoms in total. The van der Waals surface area contributed by atoms with Gasteiger partial charge in [0.05, 0.1) is 11.0 Å². The number of hydrogen-bond donors (Lipinski definition) is 2. The van der Waals surface area contributed by atoms with Crippen molar-refractivity contribution < 1.29 is 9.13 Å². The summed E-state index contributed by atoms with van der Waals surface area (Å²) in [6.07, 6.45) is 0. The molecule has 1 heterocycles. The van der Waals surface area contributed by atoms with E-state index in [1.807, 2.05) is 0 Å². The number of imidazole rings is 1. The van der Waals surface area contributed by atoms with E-state index in [4.69, 9.17) is 12.2 Å². The lowest BCUT2D eigenvalue weighted by Crippen LogP contribution is -1.88. The molecule has 0 aliphatic rings. The summed E-state index contributed by atoms with van der Waals surface area (Å²) in [5, 5.41) is 0. The molecule has 0 radical (unpaired) electrons. The van der Waals surface area contributed by atoms with Crippen LogP contribution in [0.15, 0.2) is 18.2 Å². The Morgan fingerprint density at radius 3 is 2.85 bits per heavy atom. The summed E-state index contributed by atoms with van der Waals surface area (Å²) in [4.78, 5) is 5.85. The lowest BCUT2D eigenvalue weighted by Gasteiger charge is -1.99. The molecule has 0 saturated heterocycles. The normalized spacial score (nSPS) is 10.5. The van der Waals surface area contributed by atoms with Crippen molar-refractivity contribution in [2.24, 2.45) is 0 Å². The highest BCUT2D eigenvalue weighted by molar-refractivity contribution is 7.71. The smallest absolute Gasteiger partial charge is 0.228 e. The van der Waals surface area contributed by atoms with Gasteiger partial charge in [0.1, 0.15) is 5.75 Å². The number of fused-ring (bicyclic) bond motifs is 1. The number of ether oxygens (including phenoxy) is 1. The Balaban J connectivity index is 2.54. The first kappa shape index (κ1) is 8.25. The van der Waals surface area contributed by atoms with Crippen LogP contribution in [0.5, 0.6) is 5.75 Å². The van der Waals surface area contributed by atoms with E-state index in [-0.39, 0.29) is 0 Å². The molecular formula is C8H7FN2OS. The molecule has 2 rings (SSSR count). The molecule has 1 aromatic heterocycles. The topological polar surface area (TPSA) is 40.8 Å². The van der Waals surface area contributed by atoms with E-state index >= 15 is 0 Å². The second-order valence-corrected chi connectivity index (χ2v) is 2.95. The first-order chi connectivity index (χ1) is 6.29. The maximum absolute atomic E-state index is 11.8. The molecule has 0 atom stereocenters. The summed E-state index contributed by atoms with van der Waals surface area (Å²) in [7, 11) is 0. The Kier molecular flexibility index (Phi) is 2.02. The summed E-state index contributed by atoms with van der Waals surface area (Å²) in [6.45, 7) is -0.823. The second kappa shape index (κ2) is 3.18. The molecule has 1 aromatic carbocycles. The van der Waals surface area contributed by atoms with Crippen molar-refractivity contribution in [3.63, 3.8) is 0 Å². The Morgan fingerprint density at radius 1 is 1.31 bits per heavy atom. The van der Waals surface area contributed by atoms with Gasteiger partial charge in [0.2, 0.25) is 6.86 Å². The third-order valence-electron chi connectivity index (χ3n) is 1.71. The number of aromatic amines is 2. The van der Waals surface area contributed by atoms with Crippen molar-refractivity contribution in [3.05, 3.63) is 23.0 Å². The largest absolute Gasteiger partial charge is 0.463 e. The van der Waals surface area contributed by atoms with Crippen molar-refractivity contribution in [2.45, 2.75) is 0 Å². The van der Waals surface area contributed by atoms with Crippen molar-refractivity contribution in [2.75, 3.05) is 6.86 Å². The van der Waals surface area contributed by atoms with Crippen molar-refractivity contribution in [1.29, 1.82) is 0 Å². The predicted octanol–water partition coefficient (Wildman–Crippen LogP) is 2.53. The standard InChI is InChI=1S/C8H7FN2OS/c9-4-12-5-1-2-6-7(3-5)11-8(13)10-6/h1-3H,4H2,(H2,10,11,13). The van der Waals surface area contributed by atoms with Crippen LogP contribution in [0.2, 0.25) is 0 Å². The highest BCUT2D eigenvalue weighted by Gasteiger charge is 1.98. The van der Waals surface area contributed by atoms with Crippen LogP contribution in [0.25, 0.3) is 11.0 Å². The molecular weight excluding hydrogens is 191 g/mol. The summed E-state index contributed by atoms with van der Waals surface area (Å²) in [5.41, 5.74) is 1.70. The summed E-state index contributed by atoms with van der Waals surface area (Å²) >= 11 is 4.89. The van der Waals surface area contributed by atoms with E-state index in [1.165, 1.54) is 0 Å². The molecule has 0 amide bonds. The van der Waals surface area contributed by atoms with E-state index in [0.717, 1.165) is 11.0 Å². The number of alkyl halides is 1. The molecule has 5 heteroatoms. The van der Waals surface area contributed by atoms with Crippen LogP contribution in [-0.2, 0) is 0 Å². The fourth-order valence-corrected chi connectivity index (χ4v) is 1.38. The van der Waals surface area contributed by atoms with Gasteiger partial charge in [-0.1, -0.05) is 0 Å². The maximum Gasteiger partial charge on any atom is 0.228 e. The summed E-state index contributed by atoms with van der Waals surface area (Å²) in [6, 6.07) is 5.16. The van der Waals surface area contributed by atoms with Crippen LogP contribution >= 0.6 is 12.2 Å². The molecule has 0 saturated carbocycles. The number of nitrogens with one attached hydrogen (secondary N) is 2. The Labute approximate surface area is 78.5 Å². The monoisotopic (exact) mass is 198 g/mol. The van der Waals surface area contributed by atoms with Gasteiger partial charge in [0, 0.05) is 6.07 Å². The van der Waals surface area contributed by atoms with Gasteiger partial charge in [-0.15, -0.1) is 0 Å². The van der Waals surface area contributed by atoms with E-state index in [2.05, 4.69) is 14.7 Å². The van der Waals surface area contributed by atoms with Gasteiger partial charge in [-0.05, 0) is 24.4 Å². The average molecular weight is 198 g/mol. The van der Waals surface area contributed by atoms with E-state index in [1.54, 1.807) is 18.2 Å². The molecule has 13 heavy (non-hydrogen) atoms. The number of H-pyrrole nitrogens is 2. The minimum Gasteiger partial charge on any atom is -0.463 e. The van der Waals surface area contributed by atoms with Crippen molar-refractivity contribution >= 4 is 23.3 Å². The minimum atomic E-state index is -0.823. The van der Waals surface area contributed by atoms with Crippen LogP contribution in [0.3, 0.4) is 0 Å². The quantitative estimate of drug-likeness (QED) is 0.728. The number of benzene rings is 1. The number of hydrogen-bond acceptors (Lipinski definition) is 2. The Morgan fingerprint density at radius 2 is 2.08 bits per heavy atom. The van der Waals surface area contributed by atoms with Gasteiger partial charge >= 0.3 is 0 Å². The molecule has 2 aromatic rings. The number of rotatable bonds is 2. The fourth-order valence-electron chi connectivity index (χ4n) is 1.16. The second-order valence-electron chi connectivity index (χ2n) is 2.54. The highest BCUT2D eigenvalue weighted by atomic mass is 32.1. The molecule has 2 N–H and O–H groups in total. The van der Waals surface area contributed by atoms with E-state index in [9.17, 15) is 4.39 Å². The zero-order chi connectivity index (χ0) is 9.26. The van der Waals surface area contributed by atoms with E-state index in [0.29, 0.717) is 10.5 Å². The summed E-state index contributed by atoms with van der Waals surface area (Å²) in [5.74, 6) is 0.486. The molecule has 0 aliphatic heterocycles. The van der Waals surface area contributed by atoms with Crippen molar-refractivity contribution in [3.8, 4) is 5.75 Å². The zero-order valence-electron chi connectivity index (χ0n) is 6.63. The molecule has 0 fully saturated rings. The Hall–Kier alpha value is -1.36. The first-order valence-corrected chi connectivity index (χ1v) is 4.11. The fraction of sp³-hybridized carbons (Fsp3) is 0.125. The van der Waals surface area contributed by atoms with Crippen LogP contribution < -0.4 is 4.74 Å². The van der Waals surface area contributed by atoms with Crippen LogP contribution in [0.1, 0.15) is 0 Å². The highest BCUT2D eigenvalue weighted by Crippen LogP contribution is 2.17. The molecule has 0 spiro atoms. The third-order valence-corrected chi connectivity index (χ3v) is 1.91. The van der Waals surface area contributed by atoms with Gasteiger partial charge in [-0.3, -0.25) is 0 Å². The minimum absolute atomic E-state index is 0.486.